The van der Waals surface area contributed by atoms with Crippen LogP contribution in [0.15, 0.2) is 103 Å². The maximum atomic E-state index is 14.2. The van der Waals surface area contributed by atoms with Crippen molar-refractivity contribution in [2.45, 2.75) is 19.2 Å². The molecule has 0 aromatic heterocycles. The minimum Gasteiger partial charge on any atom is -0.445 e. The van der Waals surface area contributed by atoms with Gasteiger partial charge in [0.05, 0.1) is 0 Å². The van der Waals surface area contributed by atoms with Gasteiger partial charge in [-0.3, -0.25) is 4.79 Å². The minimum atomic E-state index is -1.05. The molecule has 4 N–H and O–H groups in total. The zero-order valence-corrected chi connectivity index (χ0v) is 19.5. The Bertz CT molecular complexity index is 1330. The van der Waals surface area contributed by atoms with E-state index in [9.17, 15) is 14.0 Å². The van der Waals surface area contributed by atoms with E-state index in [4.69, 9.17) is 10.5 Å². The first-order chi connectivity index (χ1) is 17.5. The monoisotopic (exact) mass is 483 g/mol. The number of anilines is 1. The van der Waals surface area contributed by atoms with Gasteiger partial charge >= 0.3 is 6.09 Å². The fourth-order valence-corrected chi connectivity index (χ4v) is 3.72. The van der Waals surface area contributed by atoms with Crippen LogP contribution >= 0.6 is 0 Å². The molecule has 2 amide bonds. The van der Waals surface area contributed by atoms with Gasteiger partial charge in [0, 0.05) is 17.8 Å². The molecule has 0 spiro atoms. The number of halogens is 1. The average molecular weight is 484 g/mol. The van der Waals surface area contributed by atoms with Gasteiger partial charge in [0.25, 0.3) is 5.91 Å². The van der Waals surface area contributed by atoms with E-state index in [1.165, 1.54) is 6.07 Å². The van der Waals surface area contributed by atoms with Crippen LogP contribution in [0.25, 0.3) is 11.1 Å². The van der Waals surface area contributed by atoms with Crippen LogP contribution in [0.3, 0.4) is 0 Å². The van der Waals surface area contributed by atoms with Crippen LogP contribution in [0.5, 0.6) is 0 Å². The van der Waals surface area contributed by atoms with Crippen LogP contribution in [-0.4, -0.2) is 12.0 Å². The smallest absolute Gasteiger partial charge is 0.408 e. The first kappa shape index (κ1) is 24.6. The number of hydrogen-bond donors (Lipinski definition) is 3. The summed E-state index contributed by atoms with van der Waals surface area (Å²) < 4.78 is 19.5. The maximum absolute atomic E-state index is 14.2. The van der Waals surface area contributed by atoms with Crippen molar-refractivity contribution in [1.29, 1.82) is 0 Å². The first-order valence-electron chi connectivity index (χ1n) is 11.5. The molecule has 0 radical (unpaired) electrons. The van der Waals surface area contributed by atoms with E-state index in [0.717, 1.165) is 11.1 Å². The molecule has 4 aromatic rings. The molecule has 4 rings (SSSR count). The van der Waals surface area contributed by atoms with Crippen LogP contribution < -0.4 is 16.4 Å². The van der Waals surface area contributed by atoms with Gasteiger partial charge in [0.15, 0.2) is 0 Å². The third-order valence-electron chi connectivity index (χ3n) is 5.60. The van der Waals surface area contributed by atoms with Crippen molar-refractivity contribution in [2.75, 3.05) is 5.32 Å². The normalized spacial score (nSPS) is 11.4. The molecule has 7 heteroatoms. The molecule has 6 nitrogen and oxygen atoms in total. The molecule has 0 bridgehead atoms. The summed E-state index contributed by atoms with van der Waals surface area (Å²) in [5, 5.41) is 5.48. The molecule has 0 unspecified atom stereocenters. The van der Waals surface area contributed by atoms with Crippen molar-refractivity contribution in [3.63, 3.8) is 0 Å². The van der Waals surface area contributed by atoms with Crippen molar-refractivity contribution in [1.82, 2.24) is 5.32 Å². The molecule has 36 heavy (non-hydrogen) atoms. The number of amides is 2. The lowest BCUT2D eigenvalue weighted by Crippen LogP contribution is -2.37. The van der Waals surface area contributed by atoms with Gasteiger partial charge in [-0.15, -0.1) is 0 Å². The van der Waals surface area contributed by atoms with Gasteiger partial charge in [0.2, 0.25) is 0 Å². The summed E-state index contributed by atoms with van der Waals surface area (Å²) in [4.78, 5) is 25.9. The summed E-state index contributed by atoms with van der Waals surface area (Å²) in [6.07, 6.45) is -0.743. The summed E-state index contributed by atoms with van der Waals surface area (Å²) in [6, 6.07) is 28.6. The second-order valence-corrected chi connectivity index (χ2v) is 8.13. The maximum Gasteiger partial charge on any atom is 0.408 e. The molecule has 0 saturated carbocycles. The largest absolute Gasteiger partial charge is 0.445 e. The first-order valence-corrected chi connectivity index (χ1v) is 11.5. The number of nitrogens with two attached hydrogens (primary N) is 1. The molecule has 1 atom stereocenters. The summed E-state index contributed by atoms with van der Waals surface area (Å²) in [5.74, 6) is -0.804. The van der Waals surface area contributed by atoms with E-state index < -0.39 is 18.0 Å². The van der Waals surface area contributed by atoms with Crippen molar-refractivity contribution < 1.29 is 18.7 Å². The Hall–Kier alpha value is -4.49. The second kappa shape index (κ2) is 11.8. The predicted molar refractivity (Wildman–Crippen MR) is 137 cm³/mol. The topological polar surface area (TPSA) is 93.5 Å². The molecule has 4 aromatic carbocycles. The number of nitrogens with one attached hydrogen (secondary N) is 2. The third-order valence-corrected chi connectivity index (χ3v) is 5.60. The predicted octanol–water partition coefficient (Wildman–Crippen LogP) is 5.56. The van der Waals surface area contributed by atoms with Crippen LogP contribution in [0.1, 0.15) is 22.7 Å². The van der Waals surface area contributed by atoms with Gasteiger partial charge in [-0.05, 0) is 40.5 Å². The minimum absolute atomic E-state index is 0.0613. The lowest BCUT2D eigenvalue weighted by molar-refractivity contribution is -0.118. The standard InChI is InChI=1S/C29H26FN3O3/c30-26-12-5-4-11-25(26)22-13-15-23(16-14-22)27(28(34)32-24-10-6-9-21(17-24)18-31)33-29(35)36-19-20-7-2-1-3-8-20/h1-17,27H,18-19,31H2,(H,32,34)(H,33,35)/t27-/m0/s1. The SMILES string of the molecule is NCc1cccc(NC(=O)[C@@H](NC(=O)OCc2ccccc2)c2ccc(-c3ccccc3F)cc2)c1. The van der Waals surface area contributed by atoms with Crippen LogP contribution in [-0.2, 0) is 22.7 Å². The zero-order chi connectivity index (χ0) is 25.3. The van der Waals surface area contributed by atoms with E-state index in [1.807, 2.05) is 36.4 Å². The summed E-state index contributed by atoms with van der Waals surface area (Å²) in [7, 11) is 0. The number of ether oxygens (including phenoxy) is 1. The number of rotatable bonds is 8. The third kappa shape index (κ3) is 6.34. The number of hydrogen-bond acceptors (Lipinski definition) is 4. The number of carbonyl (C=O) groups excluding carboxylic acids is 2. The van der Waals surface area contributed by atoms with Gasteiger partial charge in [-0.2, -0.15) is 0 Å². The Balaban J connectivity index is 1.55. The highest BCUT2D eigenvalue weighted by Gasteiger charge is 2.24. The van der Waals surface area contributed by atoms with Gasteiger partial charge in [-0.25, -0.2) is 9.18 Å². The quantitative estimate of drug-likeness (QED) is 0.306. The van der Waals surface area contributed by atoms with Crippen LogP contribution in [0.2, 0.25) is 0 Å². The highest BCUT2D eigenvalue weighted by molar-refractivity contribution is 5.97. The Labute approximate surface area is 208 Å². The lowest BCUT2D eigenvalue weighted by Gasteiger charge is -2.19. The second-order valence-electron chi connectivity index (χ2n) is 8.13. The Morgan fingerprint density at radius 3 is 2.25 bits per heavy atom. The van der Waals surface area contributed by atoms with E-state index in [0.29, 0.717) is 28.9 Å². The van der Waals surface area contributed by atoms with Crippen molar-refractivity contribution in [3.05, 3.63) is 126 Å². The number of alkyl carbamates (subject to hydrolysis) is 1. The van der Waals surface area contributed by atoms with Gasteiger partial charge in [0.1, 0.15) is 18.5 Å². The molecule has 0 aliphatic heterocycles. The van der Waals surface area contributed by atoms with E-state index >= 15 is 0 Å². The molecular weight excluding hydrogens is 457 g/mol. The molecular formula is C29H26FN3O3. The van der Waals surface area contributed by atoms with Crippen molar-refractivity contribution >= 4 is 17.7 Å². The average Bonchev–Trinajstić information content (AvgIpc) is 2.91. The summed E-state index contributed by atoms with van der Waals surface area (Å²) >= 11 is 0. The number of benzene rings is 4. The highest BCUT2D eigenvalue weighted by atomic mass is 19.1. The van der Waals surface area contributed by atoms with E-state index in [1.54, 1.807) is 60.7 Å². The Morgan fingerprint density at radius 1 is 0.833 bits per heavy atom. The number of carbonyl (C=O) groups is 2. The molecule has 0 saturated heterocycles. The molecule has 182 valence electrons. The zero-order valence-electron chi connectivity index (χ0n) is 19.5. The van der Waals surface area contributed by atoms with E-state index in [-0.39, 0.29) is 12.4 Å². The lowest BCUT2D eigenvalue weighted by atomic mass is 10.00. The van der Waals surface area contributed by atoms with Gasteiger partial charge < -0.3 is 21.1 Å². The van der Waals surface area contributed by atoms with Crippen LogP contribution in [0, 0.1) is 5.82 Å². The molecule has 0 fully saturated rings. The summed E-state index contributed by atoms with van der Waals surface area (Å²) in [5.41, 5.74) is 9.54. The molecule has 0 aliphatic carbocycles. The fourth-order valence-electron chi connectivity index (χ4n) is 3.72. The van der Waals surface area contributed by atoms with Gasteiger partial charge in [-0.1, -0.05) is 84.9 Å². The molecule has 0 aliphatic rings. The Morgan fingerprint density at radius 2 is 1.53 bits per heavy atom. The van der Waals surface area contributed by atoms with Crippen LogP contribution in [0.4, 0.5) is 14.9 Å². The molecule has 0 heterocycles. The van der Waals surface area contributed by atoms with E-state index in [2.05, 4.69) is 10.6 Å². The highest BCUT2D eigenvalue weighted by Crippen LogP contribution is 2.25. The fraction of sp³-hybridized carbons (Fsp3) is 0.103. The van der Waals surface area contributed by atoms with Crippen molar-refractivity contribution in [2.24, 2.45) is 5.73 Å². The van der Waals surface area contributed by atoms with Crippen molar-refractivity contribution in [3.8, 4) is 11.1 Å². The Kier molecular flexibility index (Phi) is 8.05. The summed E-state index contributed by atoms with van der Waals surface area (Å²) in [6.45, 7) is 0.389.